The average molecular weight is 194 g/mol. The predicted molar refractivity (Wildman–Crippen MR) is 60.3 cm³/mol. The van der Waals surface area contributed by atoms with E-state index in [4.69, 9.17) is 0 Å². The Bertz CT molecular complexity index is 237. The fourth-order valence-electron chi connectivity index (χ4n) is 1.73. The SMILES string of the molecule is CCCCCCC(C)(C)n1cccn1. The first-order chi connectivity index (χ1) is 6.67. The van der Waals surface area contributed by atoms with E-state index in [0.717, 1.165) is 0 Å². The van der Waals surface area contributed by atoms with Crippen LogP contribution in [0.15, 0.2) is 18.5 Å². The van der Waals surface area contributed by atoms with Gasteiger partial charge in [-0.3, -0.25) is 4.68 Å². The van der Waals surface area contributed by atoms with E-state index >= 15 is 0 Å². The van der Waals surface area contributed by atoms with Crippen LogP contribution in [-0.4, -0.2) is 9.78 Å². The molecule has 0 aromatic carbocycles. The molecule has 0 fully saturated rings. The Morgan fingerprint density at radius 1 is 1.21 bits per heavy atom. The number of hydrogen-bond acceptors (Lipinski definition) is 1. The number of unbranched alkanes of at least 4 members (excludes halogenated alkanes) is 3. The molecule has 0 saturated heterocycles. The molecule has 14 heavy (non-hydrogen) atoms. The van der Waals surface area contributed by atoms with Crippen LogP contribution in [0.5, 0.6) is 0 Å². The van der Waals surface area contributed by atoms with Gasteiger partial charge in [-0.1, -0.05) is 32.6 Å². The Morgan fingerprint density at radius 3 is 2.57 bits per heavy atom. The van der Waals surface area contributed by atoms with Crippen molar-refractivity contribution >= 4 is 0 Å². The molecule has 0 spiro atoms. The van der Waals surface area contributed by atoms with Crippen LogP contribution in [0.25, 0.3) is 0 Å². The van der Waals surface area contributed by atoms with Crippen molar-refractivity contribution in [1.82, 2.24) is 9.78 Å². The first-order valence-corrected chi connectivity index (χ1v) is 5.67. The fourth-order valence-corrected chi connectivity index (χ4v) is 1.73. The lowest BCUT2D eigenvalue weighted by Gasteiger charge is -2.25. The molecule has 2 heteroatoms. The third-order valence-corrected chi connectivity index (χ3v) is 2.77. The van der Waals surface area contributed by atoms with Gasteiger partial charge in [-0.25, -0.2) is 0 Å². The Kier molecular flexibility index (Phi) is 4.18. The summed E-state index contributed by atoms with van der Waals surface area (Å²) >= 11 is 0. The predicted octanol–water partition coefficient (Wildman–Crippen LogP) is 3.59. The molecule has 1 heterocycles. The molecule has 80 valence electrons. The maximum absolute atomic E-state index is 4.30. The molecule has 1 aromatic heterocycles. The molecule has 0 aliphatic heterocycles. The number of hydrogen-bond donors (Lipinski definition) is 0. The van der Waals surface area contributed by atoms with Crippen LogP contribution in [0.2, 0.25) is 0 Å². The second kappa shape index (κ2) is 5.18. The Balaban J connectivity index is 2.35. The molecule has 1 rings (SSSR count). The van der Waals surface area contributed by atoms with Gasteiger partial charge in [-0.15, -0.1) is 0 Å². The summed E-state index contributed by atoms with van der Waals surface area (Å²) in [5.74, 6) is 0. The van der Waals surface area contributed by atoms with E-state index in [-0.39, 0.29) is 5.54 Å². The van der Waals surface area contributed by atoms with Crippen LogP contribution in [-0.2, 0) is 5.54 Å². The lowest BCUT2D eigenvalue weighted by Crippen LogP contribution is -2.26. The van der Waals surface area contributed by atoms with Crippen LogP contribution >= 0.6 is 0 Å². The summed E-state index contributed by atoms with van der Waals surface area (Å²) in [5.41, 5.74) is 0.178. The lowest BCUT2D eigenvalue weighted by molar-refractivity contribution is 0.284. The highest BCUT2D eigenvalue weighted by molar-refractivity contribution is 4.85. The van der Waals surface area contributed by atoms with E-state index in [0.29, 0.717) is 0 Å². The highest BCUT2D eigenvalue weighted by Crippen LogP contribution is 2.21. The summed E-state index contributed by atoms with van der Waals surface area (Å²) in [6.45, 7) is 6.76. The highest BCUT2D eigenvalue weighted by Gasteiger charge is 2.19. The minimum Gasteiger partial charge on any atom is -0.267 e. The summed E-state index contributed by atoms with van der Waals surface area (Å²) in [6, 6.07) is 1.99. The van der Waals surface area contributed by atoms with Gasteiger partial charge in [0.15, 0.2) is 0 Å². The Labute approximate surface area is 87.3 Å². The molecule has 0 bridgehead atoms. The van der Waals surface area contributed by atoms with Crippen molar-refractivity contribution in [2.75, 3.05) is 0 Å². The van der Waals surface area contributed by atoms with Gasteiger partial charge >= 0.3 is 0 Å². The van der Waals surface area contributed by atoms with Gasteiger partial charge in [0.25, 0.3) is 0 Å². The van der Waals surface area contributed by atoms with Crippen molar-refractivity contribution in [3.63, 3.8) is 0 Å². The van der Waals surface area contributed by atoms with Crippen LogP contribution in [0.1, 0.15) is 52.9 Å². The zero-order valence-corrected chi connectivity index (χ0v) is 9.66. The summed E-state index contributed by atoms with van der Waals surface area (Å²) in [7, 11) is 0. The lowest BCUT2D eigenvalue weighted by atomic mass is 9.97. The van der Waals surface area contributed by atoms with Crippen molar-refractivity contribution in [1.29, 1.82) is 0 Å². The van der Waals surface area contributed by atoms with E-state index in [1.165, 1.54) is 32.1 Å². The van der Waals surface area contributed by atoms with E-state index < -0.39 is 0 Å². The zero-order valence-electron chi connectivity index (χ0n) is 9.66. The summed E-state index contributed by atoms with van der Waals surface area (Å²) < 4.78 is 2.07. The molecule has 0 unspecified atom stereocenters. The molecule has 0 radical (unpaired) electrons. The second-order valence-corrected chi connectivity index (χ2v) is 4.57. The average Bonchev–Trinajstić information content (AvgIpc) is 2.65. The molecule has 0 aliphatic carbocycles. The number of aromatic nitrogens is 2. The zero-order chi connectivity index (χ0) is 10.4. The van der Waals surface area contributed by atoms with Crippen LogP contribution in [0, 0.1) is 0 Å². The van der Waals surface area contributed by atoms with E-state index in [2.05, 4.69) is 36.7 Å². The summed E-state index contributed by atoms with van der Waals surface area (Å²) in [4.78, 5) is 0. The van der Waals surface area contributed by atoms with Crippen LogP contribution in [0.4, 0.5) is 0 Å². The minimum absolute atomic E-state index is 0.178. The van der Waals surface area contributed by atoms with Gasteiger partial charge in [-0.2, -0.15) is 5.10 Å². The van der Waals surface area contributed by atoms with Gasteiger partial charge in [-0.05, 0) is 26.3 Å². The molecule has 1 aromatic rings. The van der Waals surface area contributed by atoms with Gasteiger partial charge in [0.1, 0.15) is 0 Å². The first kappa shape index (κ1) is 11.3. The molecule has 0 aliphatic rings. The fraction of sp³-hybridized carbons (Fsp3) is 0.750. The van der Waals surface area contributed by atoms with Gasteiger partial charge < -0.3 is 0 Å². The highest BCUT2D eigenvalue weighted by atomic mass is 15.3. The molecule has 0 N–H and O–H groups in total. The van der Waals surface area contributed by atoms with Crippen molar-refractivity contribution in [2.45, 2.75) is 58.4 Å². The third kappa shape index (κ3) is 3.17. The standard InChI is InChI=1S/C12H22N2/c1-4-5-6-7-9-12(2,3)14-11-8-10-13-14/h8,10-11H,4-7,9H2,1-3H3. The third-order valence-electron chi connectivity index (χ3n) is 2.77. The van der Waals surface area contributed by atoms with Crippen molar-refractivity contribution in [2.24, 2.45) is 0 Å². The van der Waals surface area contributed by atoms with Gasteiger partial charge in [0.05, 0.1) is 5.54 Å². The van der Waals surface area contributed by atoms with Gasteiger partial charge in [0.2, 0.25) is 0 Å². The second-order valence-electron chi connectivity index (χ2n) is 4.57. The molecule has 0 atom stereocenters. The quantitative estimate of drug-likeness (QED) is 0.633. The number of nitrogens with zero attached hydrogens (tertiary/aromatic N) is 2. The van der Waals surface area contributed by atoms with Crippen molar-refractivity contribution in [3.05, 3.63) is 18.5 Å². The normalized spacial score (nSPS) is 11.9. The van der Waals surface area contributed by atoms with E-state index in [9.17, 15) is 0 Å². The van der Waals surface area contributed by atoms with Crippen LogP contribution < -0.4 is 0 Å². The maximum Gasteiger partial charge on any atom is 0.0571 e. The van der Waals surface area contributed by atoms with Crippen LogP contribution in [0.3, 0.4) is 0 Å². The first-order valence-electron chi connectivity index (χ1n) is 5.67. The largest absolute Gasteiger partial charge is 0.267 e. The summed E-state index contributed by atoms with van der Waals surface area (Å²) in [6.07, 6.45) is 10.4. The Hall–Kier alpha value is -0.790. The number of rotatable bonds is 6. The minimum atomic E-state index is 0.178. The molecule has 0 amide bonds. The smallest absolute Gasteiger partial charge is 0.0571 e. The molecular weight excluding hydrogens is 172 g/mol. The maximum atomic E-state index is 4.30. The summed E-state index contributed by atoms with van der Waals surface area (Å²) in [5, 5.41) is 4.30. The molecule has 0 saturated carbocycles. The van der Waals surface area contributed by atoms with E-state index in [1.54, 1.807) is 0 Å². The topological polar surface area (TPSA) is 17.8 Å². The van der Waals surface area contributed by atoms with Crippen molar-refractivity contribution in [3.8, 4) is 0 Å². The van der Waals surface area contributed by atoms with Gasteiger partial charge in [0, 0.05) is 12.4 Å². The van der Waals surface area contributed by atoms with Crippen molar-refractivity contribution < 1.29 is 0 Å². The molecule has 2 nitrogen and oxygen atoms in total. The Morgan fingerprint density at radius 2 is 2.00 bits per heavy atom. The van der Waals surface area contributed by atoms with E-state index in [1.807, 2.05) is 12.3 Å². The molecular formula is C12H22N2. The monoisotopic (exact) mass is 194 g/mol.